The summed E-state index contributed by atoms with van der Waals surface area (Å²) in [5.74, 6) is 0.300. The summed E-state index contributed by atoms with van der Waals surface area (Å²) < 4.78 is 0. The van der Waals surface area contributed by atoms with E-state index in [4.69, 9.17) is 0 Å². The summed E-state index contributed by atoms with van der Waals surface area (Å²) in [6.45, 7) is 1.01. The topological polar surface area (TPSA) is 41.1 Å². The molecule has 3 unspecified atom stereocenters. The first-order chi connectivity index (χ1) is 10.8. The van der Waals surface area contributed by atoms with Crippen LogP contribution in [-0.4, -0.2) is 31.5 Å². The SMILES string of the molecule is CNCCCCC1NC2C3=CC=C\C(=C/C=C\C=C/3)C2C1=O. The minimum Gasteiger partial charge on any atom is -0.320 e. The molecule has 0 aromatic rings. The van der Waals surface area contributed by atoms with Crippen molar-refractivity contribution in [1.29, 1.82) is 0 Å². The lowest BCUT2D eigenvalue weighted by Gasteiger charge is -2.18. The van der Waals surface area contributed by atoms with Gasteiger partial charge in [-0.3, -0.25) is 10.1 Å². The van der Waals surface area contributed by atoms with Crippen molar-refractivity contribution in [3.05, 3.63) is 59.8 Å². The molecule has 3 atom stereocenters. The number of ketones is 1. The molecule has 1 aliphatic heterocycles. The molecule has 116 valence electrons. The van der Waals surface area contributed by atoms with Gasteiger partial charge in [0.2, 0.25) is 0 Å². The molecule has 3 heteroatoms. The summed E-state index contributed by atoms with van der Waals surface area (Å²) in [5.41, 5.74) is 2.31. The summed E-state index contributed by atoms with van der Waals surface area (Å²) in [5, 5.41) is 6.75. The van der Waals surface area contributed by atoms with E-state index in [0.29, 0.717) is 5.78 Å². The summed E-state index contributed by atoms with van der Waals surface area (Å²) in [4.78, 5) is 12.9. The van der Waals surface area contributed by atoms with Crippen molar-refractivity contribution in [2.75, 3.05) is 13.6 Å². The highest BCUT2D eigenvalue weighted by Gasteiger charge is 2.43. The molecule has 2 aliphatic carbocycles. The molecule has 3 aliphatic rings. The van der Waals surface area contributed by atoms with Gasteiger partial charge in [0.25, 0.3) is 0 Å². The minimum atomic E-state index is -0.0494. The van der Waals surface area contributed by atoms with Crippen molar-refractivity contribution < 1.29 is 4.79 Å². The van der Waals surface area contributed by atoms with Gasteiger partial charge in [-0.25, -0.2) is 0 Å². The van der Waals surface area contributed by atoms with Crippen molar-refractivity contribution in [1.82, 2.24) is 10.6 Å². The molecule has 2 bridgehead atoms. The molecule has 2 N–H and O–H groups in total. The highest BCUT2D eigenvalue weighted by molar-refractivity contribution is 5.93. The molecule has 1 fully saturated rings. The van der Waals surface area contributed by atoms with Crippen LogP contribution in [0.1, 0.15) is 19.3 Å². The van der Waals surface area contributed by atoms with Crippen molar-refractivity contribution in [3.63, 3.8) is 0 Å². The highest BCUT2D eigenvalue weighted by atomic mass is 16.1. The number of hydrogen-bond donors (Lipinski definition) is 2. The van der Waals surface area contributed by atoms with Gasteiger partial charge in [-0.1, -0.05) is 55.0 Å². The Kier molecular flexibility index (Phi) is 4.86. The maximum Gasteiger partial charge on any atom is 0.159 e. The zero-order chi connectivity index (χ0) is 15.4. The first-order valence-electron chi connectivity index (χ1n) is 8.19. The largest absolute Gasteiger partial charge is 0.320 e. The van der Waals surface area contributed by atoms with Gasteiger partial charge in [-0.05, 0) is 37.6 Å². The minimum absolute atomic E-state index is 0.0121. The number of unbranched alkanes of at least 4 members (excludes halogenated alkanes) is 1. The lowest BCUT2D eigenvalue weighted by molar-refractivity contribution is -0.121. The van der Waals surface area contributed by atoms with Crippen molar-refractivity contribution in [2.24, 2.45) is 5.92 Å². The van der Waals surface area contributed by atoms with Gasteiger partial charge in [0.05, 0.1) is 12.0 Å². The van der Waals surface area contributed by atoms with E-state index in [-0.39, 0.29) is 18.0 Å². The predicted molar refractivity (Wildman–Crippen MR) is 90.6 cm³/mol. The van der Waals surface area contributed by atoms with E-state index in [2.05, 4.69) is 41.0 Å². The monoisotopic (exact) mass is 296 g/mol. The fourth-order valence-electron chi connectivity index (χ4n) is 3.49. The van der Waals surface area contributed by atoms with Crippen molar-refractivity contribution in [2.45, 2.75) is 31.3 Å². The third-order valence-corrected chi connectivity index (χ3v) is 4.63. The predicted octanol–water partition coefficient (Wildman–Crippen LogP) is 2.45. The summed E-state index contributed by atoms with van der Waals surface area (Å²) >= 11 is 0. The van der Waals surface area contributed by atoms with Gasteiger partial charge in [-0.15, -0.1) is 0 Å². The van der Waals surface area contributed by atoms with Gasteiger partial charge < -0.3 is 5.32 Å². The molecule has 3 rings (SSSR count). The van der Waals surface area contributed by atoms with Crippen molar-refractivity contribution in [3.8, 4) is 0 Å². The van der Waals surface area contributed by atoms with E-state index >= 15 is 0 Å². The van der Waals surface area contributed by atoms with Gasteiger partial charge >= 0.3 is 0 Å². The number of rotatable bonds is 5. The molecule has 0 amide bonds. The molecule has 1 heterocycles. The lowest BCUT2D eigenvalue weighted by Crippen LogP contribution is -2.33. The number of allylic oxidation sites excluding steroid dienone is 7. The molecule has 0 radical (unpaired) electrons. The average Bonchev–Trinajstić information content (AvgIpc) is 2.79. The number of hydrogen-bond acceptors (Lipinski definition) is 3. The van der Waals surface area contributed by atoms with Gasteiger partial charge in [-0.2, -0.15) is 0 Å². The van der Waals surface area contributed by atoms with E-state index in [1.165, 1.54) is 5.57 Å². The van der Waals surface area contributed by atoms with Crippen LogP contribution < -0.4 is 10.6 Å². The van der Waals surface area contributed by atoms with E-state index in [1.807, 2.05) is 25.3 Å². The van der Waals surface area contributed by atoms with Crippen LogP contribution in [0.2, 0.25) is 0 Å². The van der Waals surface area contributed by atoms with E-state index in [9.17, 15) is 4.79 Å². The third-order valence-electron chi connectivity index (χ3n) is 4.63. The first-order valence-corrected chi connectivity index (χ1v) is 8.19. The molecule has 0 aromatic carbocycles. The quantitative estimate of drug-likeness (QED) is 0.766. The van der Waals surface area contributed by atoms with E-state index in [1.54, 1.807) is 0 Å². The van der Waals surface area contributed by atoms with Crippen LogP contribution in [0.5, 0.6) is 0 Å². The van der Waals surface area contributed by atoms with Crippen LogP contribution in [0.4, 0.5) is 0 Å². The molecule has 1 saturated heterocycles. The maximum atomic E-state index is 12.9. The molecular formula is C19H24N2O. The Morgan fingerprint density at radius 2 is 1.86 bits per heavy atom. The van der Waals surface area contributed by atoms with Crippen LogP contribution >= 0.6 is 0 Å². The summed E-state index contributed by atoms with van der Waals surface area (Å²) in [6, 6.07) is 0.0983. The van der Waals surface area contributed by atoms with Crippen LogP contribution in [0.3, 0.4) is 0 Å². The number of nitrogens with one attached hydrogen (secondary N) is 2. The molecule has 0 saturated carbocycles. The second kappa shape index (κ2) is 7.03. The van der Waals surface area contributed by atoms with Crippen molar-refractivity contribution >= 4 is 5.78 Å². The Bertz CT molecular complexity index is 580. The number of carbonyl (C=O) groups excluding carboxylic acids is 1. The Hall–Kier alpha value is -1.71. The zero-order valence-corrected chi connectivity index (χ0v) is 13.1. The Morgan fingerprint density at radius 3 is 2.73 bits per heavy atom. The normalized spacial score (nSPS) is 34.8. The number of Topliss-reactive ketones (excluding diaryl/α,β-unsaturated/α-hetero) is 1. The van der Waals surface area contributed by atoms with E-state index in [0.717, 1.165) is 31.4 Å². The Labute approximate surface area is 132 Å². The van der Waals surface area contributed by atoms with Crippen LogP contribution in [0.25, 0.3) is 0 Å². The molecule has 0 spiro atoms. The van der Waals surface area contributed by atoms with Gasteiger partial charge in [0, 0.05) is 6.04 Å². The second-order valence-electron chi connectivity index (χ2n) is 6.11. The number of carbonyl (C=O) groups is 1. The van der Waals surface area contributed by atoms with Crippen LogP contribution in [0.15, 0.2) is 59.8 Å². The molecular weight excluding hydrogens is 272 g/mol. The fourth-order valence-corrected chi connectivity index (χ4v) is 3.49. The second-order valence-corrected chi connectivity index (χ2v) is 6.11. The maximum absolute atomic E-state index is 12.9. The first kappa shape index (κ1) is 15.2. The standard InChI is InChI=1S/C19H24N2O/c1-20-13-6-5-12-16-19(22)17-14-8-3-2-4-9-15(11-7-10-14)18(17)21-16/h2-4,7-11,16-18,20-21H,5-6,12-13H2,1H3/b3-2-,4-2?,8-3?,9-4-,14-8+,15-9?. The Balaban J connectivity index is 1.80. The van der Waals surface area contributed by atoms with E-state index < -0.39 is 0 Å². The fraction of sp³-hybridized carbons (Fsp3) is 0.421. The lowest BCUT2D eigenvalue weighted by atomic mass is 9.86. The molecule has 3 nitrogen and oxygen atoms in total. The summed E-state index contributed by atoms with van der Waals surface area (Å²) in [6.07, 6.45) is 19.7. The van der Waals surface area contributed by atoms with Gasteiger partial charge in [0.15, 0.2) is 5.78 Å². The van der Waals surface area contributed by atoms with Gasteiger partial charge in [0.1, 0.15) is 0 Å². The molecule has 22 heavy (non-hydrogen) atoms. The third kappa shape index (κ3) is 3.06. The Morgan fingerprint density at radius 1 is 1.05 bits per heavy atom. The highest BCUT2D eigenvalue weighted by Crippen LogP contribution is 2.34. The van der Waals surface area contributed by atoms with Crippen LogP contribution in [-0.2, 0) is 4.79 Å². The smallest absolute Gasteiger partial charge is 0.159 e. The zero-order valence-electron chi connectivity index (χ0n) is 13.1. The van der Waals surface area contributed by atoms with Crippen LogP contribution in [0, 0.1) is 5.92 Å². The summed E-state index contributed by atoms with van der Waals surface area (Å²) in [7, 11) is 1.97. The average molecular weight is 296 g/mol. The molecule has 0 aromatic heterocycles.